The van der Waals surface area contributed by atoms with E-state index in [0.717, 1.165) is 24.8 Å². The summed E-state index contributed by atoms with van der Waals surface area (Å²) in [6.07, 6.45) is 3.75. The first-order valence-corrected chi connectivity index (χ1v) is 14.9. The van der Waals surface area contributed by atoms with Crippen LogP contribution in [0.15, 0.2) is 84.9 Å². The molecule has 3 aromatic carbocycles. The molecule has 1 aliphatic rings. The number of para-hydroxylation sites is 1. The second-order valence-corrected chi connectivity index (χ2v) is 11.5. The Balaban J connectivity index is 1.24. The summed E-state index contributed by atoms with van der Waals surface area (Å²) >= 11 is 0. The minimum atomic E-state index is -2.40. The SMILES string of the molecule is O=[P+](O)C1(C(CCNCC(O)COc2cccc(OCc3ccccc3)c2)Oc2ccccc2)CCCCC1. The molecular weight excluding hydrogens is 513 g/mol. The fraction of sp³-hybridized carbons (Fsp3) is 0.419. The van der Waals surface area contributed by atoms with Crippen molar-refractivity contribution in [3.63, 3.8) is 0 Å². The van der Waals surface area contributed by atoms with E-state index in [1.165, 1.54) is 0 Å². The van der Waals surface area contributed by atoms with Gasteiger partial charge in [-0.1, -0.05) is 61.0 Å². The highest BCUT2D eigenvalue weighted by Crippen LogP contribution is 2.50. The van der Waals surface area contributed by atoms with Crippen molar-refractivity contribution in [3.05, 3.63) is 90.5 Å². The minimum Gasteiger partial charge on any atom is -0.491 e. The van der Waals surface area contributed by atoms with E-state index in [-0.39, 0.29) is 6.61 Å². The van der Waals surface area contributed by atoms with E-state index >= 15 is 0 Å². The smallest absolute Gasteiger partial charge is 0.491 e. The summed E-state index contributed by atoms with van der Waals surface area (Å²) in [5, 5.41) is 13.0. The molecule has 0 spiro atoms. The van der Waals surface area contributed by atoms with Gasteiger partial charge >= 0.3 is 8.03 Å². The number of aliphatic hydroxyl groups is 1. The molecule has 1 saturated carbocycles. The van der Waals surface area contributed by atoms with E-state index in [4.69, 9.17) is 14.2 Å². The number of aliphatic hydroxyl groups excluding tert-OH is 1. The summed E-state index contributed by atoms with van der Waals surface area (Å²) in [6, 6.07) is 26.8. The van der Waals surface area contributed by atoms with Gasteiger partial charge in [-0.05, 0) is 53.8 Å². The lowest BCUT2D eigenvalue weighted by molar-refractivity contribution is 0.0968. The van der Waals surface area contributed by atoms with Crippen LogP contribution in [-0.4, -0.2) is 47.1 Å². The molecule has 0 radical (unpaired) electrons. The van der Waals surface area contributed by atoms with Gasteiger partial charge in [-0.3, -0.25) is 0 Å². The van der Waals surface area contributed by atoms with Crippen molar-refractivity contribution in [2.75, 3.05) is 19.7 Å². The molecule has 0 amide bonds. The molecule has 3 N–H and O–H groups in total. The van der Waals surface area contributed by atoms with E-state index in [0.29, 0.717) is 56.2 Å². The number of rotatable bonds is 15. The Morgan fingerprint density at radius 1 is 0.846 bits per heavy atom. The van der Waals surface area contributed by atoms with Crippen molar-refractivity contribution in [3.8, 4) is 17.2 Å². The zero-order valence-corrected chi connectivity index (χ0v) is 23.2. The van der Waals surface area contributed by atoms with Crippen LogP contribution in [0.25, 0.3) is 0 Å². The molecule has 3 aromatic rings. The van der Waals surface area contributed by atoms with Gasteiger partial charge in [-0.25, -0.2) is 0 Å². The summed E-state index contributed by atoms with van der Waals surface area (Å²) in [5.41, 5.74) is 1.09. The molecule has 0 aromatic heterocycles. The van der Waals surface area contributed by atoms with Crippen LogP contribution in [0.3, 0.4) is 0 Å². The normalized spacial score (nSPS) is 16.6. The molecule has 0 heterocycles. The van der Waals surface area contributed by atoms with Crippen LogP contribution in [-0.2, 0) is 11.2 Å². The summed E-state index contributed by atoms with van der Waals surface area (Å²) in [4.78, 5) is 10.4. The summed E-state index contributed by atoms with van der Waals surface area (Å²) in [7, 11) is -2.40. The van der Waals surface area contributed by atoms with Gasteiger partial charge in [-0.15, -0.1) is 0 Å². The maximum Gasteiger partial charge on any atom is 0.515 e. The number of nitrogens with one attached hydrogen (secondary N) is 1. The molecule has 4 rings (SSSR count). The van der Waals surface area contributed by atoms with E-state index in [2.05, 4.69) is 5.32 Å². The second kappa shape index (κ2) is 15.0. The van der Waals surface area contributed by atoms with Crippen molar-refractivity contribution in [1.29, 1.82) is 0 Å². The zero-order valence-electron chi connectivity index (χ0n) is 22.3. The van der Waals surface area contributed by atoms with Crippen LogP contribution in [0.5, 0.6) is 17.2 Å². The van der Waals surface area contributed by atoms with Gasteiger partial charge in [0.15, 0.2) is 6.10 Å². The zero-order chi connectivity index (χ0) is 27.3. The fourth-order valence-corrected chi connectivity index (χ4v) is 6.18. The van der Waals surface area contributed by atoms with Crippen LogP contribution in [0.2, 0.25) is 0 Å². The third kappa shape index (κ3) is 8.77. The van der Waals surface area contributed by atoms with Gasteiger partial charge in [0.2, 0.25) is 5.16 Å². The first-order valence-electron chi connectivity index (χ1n) is 13.7. The Kier molecular flexibility index (Phi) is 11.2. The third-order valence-corrected chi connectivity index (χ3v) is 8.68. The van der Waals surface area contributed by atoms with Crippen LogP contribution in [0.4, 0.5) is 0 Å². The standard InChI is InChI=1S/C31H38NO6P/c33-26(24-37-29-16-10-15-28(21-29)36-23-25-11-4-1-5-12-25)22-32-20-17-30(38-27-13-6-2-7-14-27)31(39(34)35)18-8-3-9-19-31/h1-2,4-7,10-16,21,26,30,32-33H,3,8-9,17-20,22-24H2/p+1. The number of ether oxygens (including phenoxy) is 3. The van der Waals surface area contributed by atoms with Crippen molar-refractivity contribution in [2.45, 2.75) is 62.5 Å². The van der Waals surface area contributed by atoms with Gasteiger partial charge in [0.25, 0.3) is 0 Å². The molecule has 8 heteroatoms. The maximum absolute atomic E-state index is 12.6. The third-order valence-electron chi connectivity index (χ3n) is 7.18. The molecule has 3 atom stereocenters. The van der Waals surface area contributed by atoms with E-state index in [1.807, 2.05) is 84.9 Å². The Morgan fingerprint density at radius 3 is 2.18 bits per heavy atom. The molecular formula is C31H39NO6P+. The van der Waals surface area contributed by atoms with Crippen molar-refractivity contribution >= 4 is 8.03 Å². The largest absolute Gasteiger partial charge is 0.515 e. The van der Waals surface area contributed by atoms with Gasteiger partial charge in [-0.2, -0.15) is 4.89 Å². The summed E-state index contributed by atoms with van der Waals surface area (Å²) in [5.74, 6) is 2.03. The second-order valence-electron chi connectivity index (χ2n) is 10.1. The minimum absolute atomic E-state index is 0.130. The van der Waals surface area contributed by atoms with Crippen molar-refractivity contribution in [2.24, 2.45) is 0 Å². The summed E-state index contributed by atoms with van der Waals surface area (Å²) < 4.78 is 30.5. The average Bonchev–Trinajstić information content (AvgIpc) is 2.98. The Morgan fingerprint density at radius 2 is 1.49 bits per heavy atom. The molecule has 7 nitrogen and oxygen atoms in total. The van der Waals surface area contributed by atoms with Crippen LogP contribution in [0.1, 0.15) is 44.1 Å². The first kappa shape index (κ1) is 29.0. The van der Waals surface area contributed by atoms with E-state index in [9.17, 15) is 14.6 Å². The Bertz CT molecular complexity index is 1140. The van der Waals surface area contributed by atoms with Crippen LogP contribution >= 0.6 is 8.03 Å². The summed E-state index contributed by atoms with van der Waals surface area (Å²) in [6.45, 7) is 1.48. The molecule has 39 heavy (non-hydrogen) atoms. The number of hydrogen-bond acceptors (Lipinski definition) is 6. The fourth-order valence-electron chi connectivity index (χ4n) is 5.05. The van der Waals surface area contributed by atoms with Gasteiger partial charge in [0.1, 0.15) is 36.6 Å². The Labute approximate surface area is 232 Å². The van der Waals surface area contributed by atoms with E-state index in [1.54, 1.807) is 0 Å². The molecule has 1 fully saturated rings. The molecule has 208 valence electrons. The molecule has 1 aliphatic carbocycles. The highest BCUT2D eigenvalue weighted by molar-refractivity contribution is 7.40. The lowest BCUT2D eigenvalue weighted by atomic mass is 9.82. The van der Waals surface area contributed by atoms with Gasteiger partial charge < -0.3 is 24.6 Å². The highest BCUT2D eigenvalue weighted by atomic mass is 31.1. The number of benzene rings is 3. The molecule has 0 saturated heterocycles. The lowest BCUT2D eigenvalue weighted by Gasteiger charge is -2.34. The average molecular weight is 553 g/mol. The van der Waals surface area contributed by atoms with Crippen LogP contribution in [0, 0.1) is 0 Å². The molecule has 0 bridgehead atoms. The lowest BCUT2D eigenvalue weighted by Crippen LogP contribution is -2.46. The van der Waals surface area contributed by atoms with Crippen LogP contribution < -0.4 is 19.5 Å². The molecule has 0 aliphatic heterocycles. The first-order chi connectivity index (χ1) is 19.0. The van der Waals surface area contributed by atoms with Gasteiger partial charge in [0, 0.05) is 31.9 Å². The van der Waals surface area contributed by atoms with Crippen molar-refractivity contribution < 1.29 is 28.8 Å². The number of hydrogen-bond donors (Lipinski definition) is 3. The maximum atomic E-state index is 12.6. The van der Waals surface area contributed by atoms with Crippen molar-refractivity contribution in [1.82, 2.24) is 5.32 Å². The van der Waals surface area contributed by atoms with E-state index < -0.39 is 25.4 Å². The topological polar surface area (TPSA) is 97.3 Å². The van der Waals surface area contributed by atoms with Gasteiger partial charge in [0.05, 0.1) is 0 Å². The molecule has 3 unspecified atom stereocenters. The predicted molar refractivity (Wildman–Crippen MR) is 153 cm³/mol. The highest BCUT2D eigenvalue weighted by Gasteiger charge is 2.57. The quantitative estimate of drug-likeness (QED) is 0.160. The Hall–Kier alpha value is -2.96. The monoisotopic (exact) mass is 552 g/mol. The predicted octanol–water partition coefficient (Wildman–Crippen LogP) is 5.87.